The van der Waals surface area contributed by atoms with Crippen LogP contribution in [-0.4, -0.2) is 63.6 Å². The fraction of sp³-hybridized carbons (Fsp3) is 0.667. The second-order valence-electron chi connectivity index (χ2n) is 3.67. The smallest absolute Gasteiger partial charge is 0.0663 e. The van der Waals surface area contributed by atoms with Gasteiger partial charge in [0, 0.05) is 14.1 Å². The van der Waals surface area contributed by atoms with Crippen molar-refractivity contribution < 1.29 is 9.47 Å². The van der Waals surface area contributed by atoms with Gasteiger partial charge in [-0.05, 0) is 0 Å². The number of rotatable bonds is 12. The predicted octanol–water partition coefficient (Wildman–Crippen LogP) is 1.54. The first kappa shape index (κ1) is 16.6. The van der Waals surface area contributed by atoms with Crippen molar-refractivity contribution >= 4 is 0 Å². The molecule has 0 spiro atoms. The van der Waals surface area contributed by atoms with Crippen LogP contribution in [0.5, 0.6) is 0 Å². The third kappa shape index (κ3) is 11.1. The molecular weight excluding hydrogens is 232 g/mol. The molecule has 0 aliphatic rings. The van der Waals surface area contributed by atoms with Crippen molar-refractivity contribution in [1.82, 2.24) is 10.0 Å². The van der Waals surface area contributed by atoms with Crippen LogP contribution in [0.15, 0.2) is 35.8 Å². The molecule has 0 N–H and O–H groups in total. The van der Waals surface area contributed by atoms with E-state index < -0.39 is 0 Å². The number of nitrogens with zero attached hydrogens (tertiary/aromatic N) is 4. The highest BCUT2D eigenvalue weighted by Crippen LogP contribution is 1.91. The summed E-state index contributed by atoms with van der Waals surface area (Å²) < 4.78 is 10.5. The van der Waals surface area contributed by atoms with E-state index in [9.17, 15) is 0 Å². The van der Waals surface area contributed by atoms with Crippen molar-refractivity contribution in [3.05, 3.63) is 25.3 Å². The maximum atomic E-state index is 5.25. The summed E-state index contributed by atoms with van der Waals surface area (Å²) in [5.74, 6) is 0. The van der Waals surface area contributed by atoms with Gasteiger partial charge in [-0.1, -0.05) is 22.6 Å². The van der Waals surface area contributed by atoms with Gasteiger partial charge in [0.2, 0.25) is 0 Å². The Morgan fingerprint density at radius 2 is 1.28 bits per heavy atom. The topological polar surface area (TPSA) is 49.7 Å². The summed E-state index contributed by atoms with van der Waals surface area (Å²) in [6.45, 7) is 10.9. The number of hydrogen-bond acceptors (Lipinski definition) is 4. The first-order valence-electron chi connectivity index (χ1n) is 5.91. The Bertz CT molecular complexity index is 222. The van der Waals surface area contributed by atoms with E-state index in [-0.39, 0.29) is 0 Å². The Hall–Kier alpha value is -1.40. The van der Waals surface area contributed by atoms with Crippen LogP contribution in [-0.2, 0) is 9.47 Å². The van der Waals surface area contributed by atoms with Gasteiger partial charge in [0.25, 0.3) is 0 Å². The van der Waals surface area contributed by atoms with Crippen molar-refractivity contribution in [1.29, 1.82) is 0 Å². The van der Waals surface area contributed by atoms with E-state index in [0.717, 1.165) is 0 Å². The minimum atomic E-state index is 0.561. The van der Waals surface area contributed by atoms with Crippen LogP contribution in [0, 0.1) is 0 Å². The molecule has 0 aromatic carbocycles. The van der Waals surface area contributed by atoms with Crippen LogP contribution < -0.4 is 0 Å². The van der Waals surface area contributed by atoms with Crippen molar-refractivity contribution in [3.8, 4) is 0 Å². The molecule has 0 fully saturated rings. The highest BCUT2D eigenvalue weighted by molar-refractivity contribution is 4.64. The van der Waals surface area contributed by atoms with Crippen LogP contribution in [0.25, 0.3) is 0 Å². The van der Waals surface area contributed by atoms with Crippen molar-refractivity contribution in [2.45, 2.75) is 0 Å². The Balaban J connectivity index is 3.57. The fourth-order valence-electron chi connectivity index (χ4n) is 0.953. The Labute approximate surface area is 110 Å². The Morgan fingerprint density at radius 1 is 0.889 bits per heavy atom. The Morgan fingerprint density at radius 3 is 1.61 bits per heavy atom. The van der Waals surface area contributed by atoms with Crippen LogP contribution in [0.4, 0.5) is 0 Å². The summed E-state index contributed by atoms with van der Waals surface area (Å²) in [4.78, 5) is 0. The van der Waals surface area contributed by atoms with E-state index in [1.807, 2.05) is 14.1 Å². The lowest BCUT2D eigenvalue weighted by molar-refractivity contribution is 0.115. The quantitative estimate of drug-likeness (QED) is 0.230. The normalized spacial score (nSPS) is 10.6. The molecular formula is C12H24N4O2. The lowest BCUT2D eigenvalue weighted by atomic mass is 10.6. The predicted molar refractivity (Wildman–Crippen MR) is 72.1 cm³/mol. The molecule has 18 heavy (non-hydrogen) atoms. The molecule has 0 aromatic rings. The molecule has 6 heteroatoms. The maximum Gasteiger partial charge on any atom is 0.0663 e. The fourth-order valence-corrected chi connectivity index (χ4v) is 0.953. The molecule has 0 atom stereocenters. The summed E-state index contributed by atoms with van der Waals surface area (Å²) in [7, 11) is 3.70. The van der Waals surface area contributed by atoms with Gasteiger partial charge in [0.05, 0.1) is 39.5 Å². The number of hydrogen-bond donors (Lipinski definition) is 0. The first-order valence-corrected chi connectivity index (χ1v) is 5.91. The first-order chi connectivity index (χ1) is 8.70. The van der Waals surface area contributed by atoms with Gasteiger partial charge in [0.15, 0.2) is 0 Å². The van der Waals surface area contributed by atoms with Gasteiger partial charge in [0.1, 0.15) is 0 Å². The van der Waals surface area contributed by atoms with Gasteiger partial charge in [-0.3, -0.25) is 10.0 Å². The summed E-state index contributed by atoms with van der Waals surface area (Å²) in [5, 5.41) is 11.5. The van der Waals surface area contributed by atoms with E-state index in [1.54, 1.807) is 22.2 Å². The van der Waals surface area contributed by atoms with Gasteiger partial charge in [-0.15, -0.1) is 13.2 Å². The second kappa shape index (κ2) is 12.1. The third-order valence-corrected chi connectivity index (χ3v) is 1.94. The molecule has 0 saturated heterocycles. The average Bonchev–Trinajstić information content (AvgIpc) is 2.37. The SMILES string of the molecule is C=CCOCCN(C)/N=N/N(C)CCOCC=C. The van der Waals surface area contributed by atoms with Crippen molar-refractivity contribution in [2.24, 2.45) is 10.4 Å². The van der Waals surface area contributed by atoms with Gasteiger partial charge in [-0.2, -0.15) is 0 Å². The number of ether oxygens (including phenoxy) is 2. The highest BCUT2D eigenvalue weighted by atomic mass is 16.5. The lowest BCUT2D eigenvalue weighted by Gasteiger charge is -2.14. The van der Waals surface area contributed by atoms with Crippen LogP contribution in [0.2, 0.25) is 0 Å². The maximum absolute atomic E-state index is 5.25. The molecule has 0 amide bonds. The van der Waals surface area contributed by atoms with Gasteiger partial charge in [-0.25, -0.2) is 0 Å². The zero-order valence-corrected chi connectivity index (χ0v) is 11.4. The van der Waals surface area contributed by atoms with Crippen LogP contribution in [0.1, 0.15) is 0 Å². The van der Waals surface area contributed by atoms with E-state index >= 15 is 0 Å². The largest absolute Gasteiger partial charge is 0.376 e. The van der Waals surface area contributed by atoms with E-state index in [0.29, 0.717) is 39.5 Å². The van der Waals surface area contributed by atoms with E-state index in [1.165, 1.54) is 0 Å². The molecule has 0 bridgehead atoms. The Kier molecular flexibility index (Phi) is 11.1. The van der Waals surface area contributed by atoms with E-state index in [4.69, 9.17) is 9.47 Å². The summed E-state index contributed by atoms with van der Waals surface area (Å²) in [6.07, 6.45) is 3.44. The third-order valence-electron chi connectivity index (χ3n) is 1.94. The summed E-state index contributed by atoms with van der Waals surface area (Å²) >= 11 is 0. The van der Waals surface area contributed by atoms with Crippen molar-refractivity contribution in [2.75, 3.05) is 53.6 Å². The van der Waals surface area contributed by atoms with Crippen LogP contribution in [0.3, 0.4) is 0 Å². The zero-order valence-electron chi connectivity index (χ0n) is 11.4. The highest BCUT2D eigenvalue weighted by Gasteiger charge is 1.96. The number of likely N-dealkylation sites (N-methyl/N-ethyl adjacent to an activating group) is 2. The van der Waals surface area contributed by atoms with Crippen LogP contribution >= 0.6 is 0 Å². The monoisotopic (exact) mass is 256 g/mol. The molecule has 0 heterocycles. The molecule has 0 aliphatic heterocycles. The van der Waals surface area contributed by atoms with Gasteiger partial charge < -0.3 is 9.47 Å². The van der Waals surface area contributed by atoms with E-state index in [2.05, 4.69) is 23.6 Å². The molecule has 0 rings (SSSR count). The molecule has 6 nitrogen and oxygen atoms in total. The molecule has 0 radical (unpaired) electrons. The second-order valence-corrected chi connectivity index (χ2v) is 3.67. The standard InChI is InChI=1S/C12H24N4O2/c1-5-9-17-11-7-15(3)13-14-16(4)8-12-18-10-6-2/h5-6H,1-2,7-12H2,3-4H3/b14-13+. The molecule has 0 aliphatic carbocycles. The average molecular weight is 256 g/mol. The molecule has 104 valence electrons. The minimum Gasteiger partial charge on any atom is -0.376 e. The lowest BCUT2D eigenvalue weighted by Crippen LogP contribution is -2.21. The minimum absolute atomic E-state index is 0.561. The molecule has 0 aromatic heterocycles. The summed E-state index contributed by atoms with van der Waals surface area (Å²) in [6, 6.07) is 0. The van der Waals surface area contributed by atoms with Gasteiger partial charge >= 0.3 is 0 Å². The zero-order chi connectivity index (χ0) is 13.6. The van der Waals surface area contributed by atoms with Crippen molar-refractivity contribution in [3.63, 3.8) is 0 Å². The summed E-state index contributed by atoms with van der Waals surface area (Å²) in [5.41, 5.74) is 0. The molecule has 0 unspecified atom stereocenters. The molecule has 0 saturated carbocycles.